The van der Waals surface area contributed by atoms with Crippen LogP contribution in [0.25, 0.3) is 0 Å². The number of aromatic nitrogens is 2. The van der Waals surface area contributed by atoms with Gasteiger partial charge in [-0.15, -0.1) is 0 Å². The van der Waals surface area contributed by atoms with E-state index in [0.29, 0.717) is 6.42 Å². The number of amides is 1. The second-order valence-electron chi connectivity index (χ2n) is 7.08. The summed E-state index contributed by atoms with van der Waals surface area (Å²) in [5.74, 6) is 0.222. The highest BCUT2D eigenvalue weighted by Crippen LogP contribution is 2.34. The molecule has 5 nitrogen and oxygen atoms in total. The minimum Gasteiger partial charge on any atom is -0.396 e. The van der Waals surface area contributed by atoms with Gasteiger partial charge in [0.1, 0.15) is 0 Å². The third-order valence-corrected chi connectivity index (χ3v) is 4.99. The highest BCUT2D eigenvalue weighted by Gasteiger charge is 2.35. The van der Waals surface area contributed by atoms with Crippen molar-refractivity contribution in [2.75, 3.05) is 19.7 Å². The lowest BCUT2D eigenvalue weighted by Gasteiger charge is -2.42. The standard InChI is InChI=1S/C18H31N3O2/c1-4-8-18(14-22)9-6-10-20(13-18)17(23)7-5-11-21-16(3)12-15(2)19-21/h12,22H,4-11,13-14H2,1-3H3/t18-/m0/s1. The molecule has 0 aromatic carbocycles. The Morgan fingerprint density at radius 1 is 1.43 bits per heavy atom. The second-order valence-corrected chi connectivity index (χ2v) is 7.08. The summed E-state index contributed by atoms with van der Waals surface area (Å²) in [5, 5.41) is 14.2. The molecule has 5 heteroatoms. The fourth-order valence-electron chi connectivity index (χ4n) is 3.80. The van der Waals surface area contributed by atoms with Gasteiger partial charge in [0.25, 0.3) is 0 Å². The van der Waals surface area contributed by atoms with E-state index >= 15 is 0 Å². The number of nitrogens with zero attached hydrogens (tertiary/aromatic N) is 3. The van der Waals surface area contributed by atoms with E-state index in [4.69, 9.17) is 0 Å². The minimum atomic E-state index is -0.0711. The van der Waals surface area contributed by atoms with Gasteiger partial charge in [-0.25, -0.2) is 0 Å². The van der Waals surface area contributed by atoms with Crippen molar-refractivity contribution in [1.82, 2.24) is 14.7 Å². The summed E-state index contributed by atoms with van der Waals surface area (Å²) in [6, 6.07) is 2.06. The number of hydrogen-bond acceptors (Lipinski definition) is 3. The van der Waals surface area contributed by atoms with Gasteiger partial charge in [-0.1, -0.05) is 13.3 Å². The average molecular weight is 321 g/mol. The molecule has 1 saturated heterocycles. The summed E-state index contributed by atoms with van der Waals surface area (Å²) in [4.78, 5) is 14.5. The molecule has 2 rings (SSSR count). The maximum Gasteiger partial charge on any atom is 0.222 e. The van der Waals surface area contributed by atoms with E-state index in [1.54, 1.807) is 0 Å². The Hall–Kier alpha value is -1.36. The molecule has 1 N–H and O–H groups in total. The van der Waals surface area contributed by atoms with Crippen molar-refractivity contribution in [2.24, 2.45) is 5.41 Å². The van der Waals surface area contributed by atoms with Crippen molar-refractivity contribution >= 4 is 5.91 Å². The third kappa shape index (κ3) is 4.56. The largest absolute Gasteiger partial charge is 0.396 e. The van der Waals surface area contributed by atoms with Crippen LogP contribution in [0.4, 0.5) is 0 Å². The van der Waals surface area contributed by atoms with Crippen LogP contribution in [-0.2, 0) is 11.3 Å². The van der Waals surface area contributed by atoms with Gasteiger partial charge < -0.3 is 10.0 Å². The number of carbonyl (C=O) groups is 1. The Balaban J connectivity index is 1.84. The van der Waals surface area contributed by atoms with Crippen LogP contribution in [0.15, 0.2) is 6.07 Å². The van der Waals surface area contributed by atoms with Gasteiger partial charge in [-0.2, -0.15) is 5.10 Å². The quantitative estimate of drug-likeness (QED) is 0.840. The van der Waals surface area contributed by atoms with Crippen LogP contribution in [0.1, 0.15) is 56.8 Å². The molecule has 1 atom stereocenters. The highest BCUT2D eigenvalue weighted by atomic mass is 16.3. The molecule has 0 spiro atoms. The van der Waals surface area contributed by atoms with E-state index in [0.717, 1.165) is 63.1 Å². The molecule has 2 heterocycles. The van der Waals surface area contributed by atoms with E-state index in [-0.39, 0.29) is 17.9 Å². The first-order valence-corrected chi connectivity index (χ1v) is 8.89. The number of rotatable bonds is 7. The maximum absolute atomic E-state index is 12.5. The normalized spacial score (nSPS) is 21.7. The van der Waals surface area contributed by atoms with Crippen molar-refractivity contribution in [2.45, 2.75) is 65.8 Å². The molecule has 23 heavy (non-hydrogen) atoms. The first-order valence-electron chi connectivity index (χ1n) is 8.89. The lowest BCUT2D eigenvalue weighted by molar-refractivity contribution is -0.136. The molecule has 1 amide bonds. The molecule has 0 radical (unpaired) electrons. The lowest BCUT2D eigenvalue weighted by Crippen LogP contribution is -2.47. The lowest BCUT2D eigenvalue weighted by atomic mass is 9.77. The van der Waals surface area contributed by atoms with Crippen LogP contribution in [0.3, 0.4) is 0 Å². The molecular formula is C18H31N3O2. The third-order valence-electron chi connectivity index (χ3n) is 4.99. The monoisotopic (exact) mass is 321 g/mol. The molecule has 0 bridgehead atoms. The maximum atomic E-state index is 12.5. The van der Waals surface area contributed by atoms with Crippen molar-refractivity contribution in [3.05, 3.63) is 17.5 Å². The van der Waals surface area contributed by atoms with Crippen LogP contribution >= 0.6 is 0 Å². The van der Waals surface area contributed by atoms with Crippen molar-refractivity contribution in [3.63, 3.8) is 0 Å². The van der Waals surface area contributed by atoms with Crippen LogP contribution in [0.5, 0.6) is 0 Å². The van der Waals surface area contributed by atoms with Gasteiger partial charge in [0.15, 0.2) is 0 Å². The van der Waals surface area contributed by atoms with Crippen LogP contribution in [-0.4, -0.2) is 45.4 Å². The molecule has 1 aliphatic heterocycles. The van der Waals surface area contributed by atoms with Crippen LogP contribution in [0, 0.1) is 19.3 Å². The minimum absolute atomic E-state index is 0.0711. The summed E-state index contributed by atoms with van der Waals surface area (Å²) in [6.07, 6.45) is 5.47. The summed E-state index contributed by atoms with van der Waals surface area (Å²) in [5.41, 5.74) is 2.10. The van der Waals surface area contributed by atoms with E-state index in [1.807, 2.05) is 23.4 Å². The fourth-order valence-corrected chi connectivity index (χ4v) is 3.80. The summed E-state index contributed by atoms with van der Waals surface area (Å²) < 4.78 is 1.98. The smallest absolute Gasteiger partial charge is 0.222 e. The predicted molar refractivity (Wildman–Crippen MR) is 91.2 cm³/mol. The SMILES string of the molecule is CCC[C@]1(CO)CCCN(C(=O)CCCn2nc(C)cc2C)C1. The molecule has 0 aliphatic carbocycles. The first-order chi connectivity index (χ1) is 11.0. The van der Waals surface area contributed by atoms with E-state index < -0.39 is 0 Å². The van der Waals surface area contributed by atoms with E-state index in [2.05, 4.69) is 18.1 Å². The zero-order valence-corrected chi connectivity index (χ0v) is 14.8. The molecular weight excluding hydrogens is 290 g/mol. The van der Waals surface area contributed by atoms with Crippen molar-refractivity contribution in [3.8, 4) is 0 Å². The highest BCUT2D eigenvalue weighted by molar-refractivity contribution is 5.76. The Bertz CT molecular complexity index is 522. The topological polar surface area (TPSA) is 58.4 Å². The summed E-state index contributed by atoms with van der Waals surface area (Å²) >= 11 is 0. The second kappa shape index (κ2) is 7.95. The van der Waals surface area contributed by atoms with Crippen molar-refractivity contribution < 1.29 is 9.90 Å². The van der Waals surface area contributed by atoms with Gasteiger partial charge in [-0.3, -0.25) is 9.48 Å². The Labute approximate surface area is 139 Å². The molecule has 1 aromatic rings. The predicted octanol–water partition coefficient (Wildman–Crippen LogP) is 2.68. The number of hydrogen-bond donors (Lipinski definition) is 1. The Morgan fingerprint density at radius 3 is 2.83 bits per heavy atom. The molecule has 0 saturated carbocycles. The van der Waals surface area contributed by atoms with Crippen LogP contribution < -0.4 is 0 Å². The van der Waals surface area contributed by atoms with Crippen molar-refractivity contribution in [1.29, 1.82) is 0 Å². The fraction of sp³-hybridized carbons (Fsp3) is 0.778. The van der Waals surface area contributed by atoms with Gasteiger partial charge in [-0.05, 0) is 45.6 Å². The van der Waals surface area contributed by atoms with E-state index in [1.165, 1.54) is 0 Å². The number of piperidine rings is 1. The Kier molecular flexibility index (Phi) is 6.22. The number of aliphatic hydroxyl groups is 1. The Morgan fingerprint density at radius 2 is 2.22 bits per heavy atom. The molecule has 1 aliphatic rings. The molecule has 130 valence electrons. The molecule has 0 unspecified atom stereocenters. The van der Waals surface area contributed by atoms with Gasteiger partial charge in [0.05, 0.1) is 12.3 Å². The number of aliphatic hydroxyl groups excluding tert-OH is 1. The van der Waals surface area contributed by atoms with Gasteiger partial charge in [0.2, 0.25) is 5.91 Å². The molecule has 1 fully saturated rings. The number of likely N-dealkylation sites (tertiary alicyclic amines) is 1. The summed E-state index contributed by atoms with van der Waals surface area (Å²) in [7, 11) is 0. The van der Waals surface area contributed by atoms with Crippen LogP contribution in [0.2, 0.25) is 0 Å². The first kappa shape index (κ1) is 18.0. The average Bonchev–Trinajstić information content (AvgIpc) is 2.85. The summed E-state index contributed by atoms with van der Waals surface area (Å²) in [6.45, 7) is 8.72. The number of aryl methyl sites for hydroxylation is 3. The zero-order valence-electron chi connectivity index (χ0n) is 14.8. The number of carbonyl (C=O) groups excluding carboxylic acids is 1. The van der Waals surface area contributed by atoms with Gasteiger partial charge in [0, 0.05) is 37.2 Å². The zero-order chi connectivity index (χ0) is 16.9. The van der Waals surface area contributed by atoms with E-state index in [9.17, 15) is 9.90 Å². The molecule has 1 aromatic heterocycles. The van der Waals surface area contributed by atoms with Gasteiger partial charge >= 0.3 is 0 Å².